The number of carbonyl (C=O) groups is 2. The minimum Gasteiger partial charge on any atom is -0.483 e. The van der Waals surface area contributed by atoms with Gasteiger partial charge in [-0.1, -0.05) is 36.4 Å². The van der Waals surface area contributed by atoms with Crippen molar-refractivity contribution in [3.8, 4) is 5.75 Å². The molecule has 1 N–H and O–H groups in total. The van der Waals surface area contributed by atoms with Crippen LogP contribution in [0, 0.1) is 6.92 Å². The van der Waals surface area contributed by atoms with E-state index >= 15 is 0 Å². The number of rotatable bonds is 7. The van der Waals surface area contributed by atoms with E-state index in [2.05, 4.69) is 21.2 Å². The van der Waals surface area contributed by atoms with Crippen LogP contribution in [0.5, 0.6) is 5.75 Å². The molecule has 0 fully saturated rings. The van der Waals surface area contributed by atoms with Crippen molar-refractivity contribution in [3.63, 3.8) is 0 Å². The predicted molar refractivity (Wildman–Crippen MR) is 123 cm³/mol. The Morgan fingerprint density at radius 1 is 1.00 bits per heavy atom. The van der Waals surface area contributed by atoms with E-state index in [0.717, 1.165) is 15.7 Å². The van der Waals surface area contributed by atoms with E-state index < -0.39 is 0 Å². The summed E-state index contributed by atoms with van der Waals surface area (Å²) in [5.41, 5.74) is 2.77. The van der Waals surface area contributed by atoms with Crippen LogP contribution in [0.2, 0.25) is 0 Å². The van der Waals surface area contributed by atoms with Gasteiger partial charge in [0.25, 0.3) is 11.8 Å². The Bertz CT molecular complexity index is 1040. The number of nitrogens with one attached hydrogen (secondary N) is 1. The van der Waals surface area contributed by atoms with Crippen LogP contribution in [0.25, 0.3) is 0 Å². The summed E-state index contributed by atoms with van der Waals surface area (Å²) in [5.74, 6) is 0.0635. The lowest BCUT2D eigenvalue weighted by molar-refractivity contribution is -0.118. The molecule has 30 heavy (non-hydrogen) atoms. The third-order valence-electron chi connectivity index (χ3n) is 4.51. The maximum Gasteiger partial charge on any atom is 0.262 e. The summed E-state index contributed by atoms with van der Waals surface area (Å²) < 4.78 is 6.39. The third kappa shape index (κ3) is 5.27. The number of benzene rings is 3. The second-order valence-corrected chi connectivity index (χ2v) is 7.56. The number of hydrogen-bond acceptors (Lipinski definition) is 3. The van der Waals surface area contributed by atoms with Crippen molar-refractivity contribution >= 4 is 39.1 Å². The number of carbonyl (C=O) groups excluding carboxylic acids is 2. The van der Waals surface area contributed by atoms with Crippen LogP contribution >= 0.6 is 15.9 Å². The van der Waals surface area contributed by atoms with Crippen molar-refractivity contribution in [3.05, 3.63) is 88.4 Å². The summed E-state index contributed by atoms with van der Waals surface area (Å²) in [4.78, 5) is 27.3. The lowest BCUT2D eigenvalue weighted by Gasteiger charge is -2.22. The number of ether oxygens (including phenoxy) is 1. The molecule has 154 valence electrons. The Kier molecular flexibility index (Phi) is 7.25. The zero-order valence-electron chi connectivity index (χ0n) is 16.9. The fourth-order valence-corrected chi connectivity index (χ4v) is 3.64. The Morgan fingerprint density at radius 3 is 2.40 bits per heavy atom. The molecule has 0 atom stereocenters. The van der Waals surface area contributed by atoms with Crippen LogP contribution in [-0.4, -0.2) is 25.0 Å². The molecule has 5 nitrogen and oxygen atoms in total. The smallest absolute Gasteiger partial charge is 0.262 e. The topological polar surface area (TPSA) is 58.6 Å². The molecule has 0 aromatic heterocycles. The minimum absolute atomic E-state index is 0.166. The van der Waals surface area contributed by atoms with Crippen LogP contribution in [-0.2, 0) is 4.79 Å². The molecule has 0 saturated carbocycles. The molecule has 0 aliphatic carbocycles. The van der Waals surface area contributed by atoms with Gasteiger partial charge in [0.2, 0.25) is 0 Å². The average molecular weight is 467 g/mol. The van der Waals surface area contributed by atoms with Gasteiger partial charge < -0.3 is 15.0 Å². The average Bonchev–Trinajstić information content (AvgIpc) is 2.75. The van der Waals surface area contributed by atoms with E-state index in [-0.39, 0.29) is 18.4 Å². The normalized spacial score (nSPS) is 10.4. The zero-order valence-corrected chi connectivity index (χ0v) is 18.5. The highest BCUT2D eigenvalue weighted by Crippen LogP contribution is 2.26. The molecule has 3 aromatic rings. The zero-order chi connectivity index (χ0) is 21.5. The number of aryl methyl sites for hydroxylation is 1. The largest absolute Gasteiger partial charge is 0.483 e. The molecule has 3 rings (SSSR count). The third-order valence-corrected chi connectivity index (χ3v) is 5.13. The van der Waals surface area contributed by atoms with Gasteiger partial charge in [0.15, 0.2) is 6.61 Å². The number of halogens is 1. The van der Waals surface area contributed by atoms with Gasteiger partial charge in [-0.05, 0) is 71.7 Å². The van der Waals surface area contributed by atoms with Crippen molar-refractivity contribution in [1.29, 1.82) is 0 Å². The van der Waals surface area contributed by atoms with Gasteiger partial charge in [-0.3, -0.25) is 9.59 Å². The monoisotopic (exact) mass is 466 g/mol. The Labute approximate surface area is 184 Å². The molecule has 6 heteroatoms. The molecule has 2 amide bonds. The number of hydrogen-bond donors (Lipinski definition) is 1. The maximum absolute atomic E-state index is 13.2. The Morgan fingerprint density at radius 2 is 1.70 bits per heavy atom. The highest BCUT2D eigenvalue weighted by Gasteiger charge is 2.20. The van der Waals surface area contributed by atoms with Crippen LogP contribution in [0.3, 0.4) is 0 Å². The summed E-state index contributed by atoms with van der Waals surface area (Å²) in [7, 11) is 0. The first-order valence-corrected chi connectivity index (χ1v) is 10.4. The second kappa shape index (κ2) is 10.1. The summed E-state index contributed by atoms with van der Waals surface area (Å²) >= 11 is 3.43. The summed E-state index contributed by atoms with van der Waals surface area (Å²) in [6, 6.07) is 22.1. The molecule has 0 spiro atoms. The van der Waals surface area contributed by atoms with Crippen LogP contribution in [0.4, 0.5) is 11.4 Å². The van der Waals surface area contributed by atoms with Gasteiger partial charge >= 0.3 is 0 Å². The number of anilines is 2. The lowest BCUT2D eigenvalue weighted by Crippen LogP contribution is -2.32. The van der Waals surface area contributed by atoms with Gasteiger partial charge in [0.05, 0.1) is 15.7 Å². The second-order valence-electron chi connectivity index (χ2n) is 6.70. The minimum atomic E-state index is -0.342. The van der Waals surface area contributed by atoms with E-state index in [1.165, 1.54) is 0 Å². The van der Waals surface area contributed by atoms with Crippen molar-refractivity contribution in [1.82, 2.24) is 0 Å². The van der Waals surface area contributed by atoms with Crippen molar-refractivity contribution in [2.45, 2.75) is 13.8 Å². The van der Waals surface area contributed by atoms with Crippen molar-refractivity contribution in [2.24, 2.45) is 0 Å². The quantitative estimate of drug-likeness (QED) is 0.504. The SMILES string of the molecule is CCN(C(=O)c1ccccc1NC(=O)COc1ccc(C)cc1Br)c1ccccc1. The molecule has 3 aromatic carbocycles. The lowest BCUT2D eigenvalue weighted by atomic mass is 10.1. The van der Waals surface area contributed by atoms with Crippen LogP contribution in [0.1, 0.15) is 22.8 Å². The number of para-hydroxylation sites is 2. The van der Waals surface area contributed by atoms with E-state index in [1.54, 1.807) is 29.2 Å². The van der Waals surface area contributed by atoms with Gasteiger partial charge in [-0.25, -0.2) is 0 Å². The number of amides is 2. The molecule has 0 aliphatic heterocycles. The van der Waals surface area contributed by atoms with E-state index in [0.29, 0.717) is 23.5 Å². The highest BCUT2D eigenvalue weighted by atomic mass is 79.9. The van der Waals surface area contributed by atoms with E-state index in [4.69, 9.17) is 4.74 Å². The molecule has 0 radical (unpaired) electrons. The molecular weight excluding hydrogens is 444 g/mol. The van der Waals surface area contributed by atoms with Crippen molar-refractivity contribution < 1.29 is 14.3 Å². The summed E-state index contributed by atoms with van der Waals surface area (Å²) in [5, 5.41) is 2.80. The molecule has 0 bridgehead atoms. The first-order chi connectivity index (χ1) is 14.5. The Hall–Kier alpha value is -3.12. The van der Waals surface area contributed by atoms with E-state index in [1.807, 2.05) is 62.4 Å². The van der Waals surface area contributed by atoms with Gasteiger partial charge in [0.1, 0.15) is 5.75 Å². The number of nitrogens with zero attached hydrogens (tertiary/aromatic N) is 1. The van der Waals surface area contributed by atoms with Crippen LogP contribution in [0.15, 0.2) is 77.3 Å². The predicted octanol–water partition coefficient (Wildman–Crippen LogP) is 5.44. The van der Waals surface area contributed by atoms with Crippen LogP contribution < -0.4 is 15.0 Å². The van der Waals surface area contributed by atoms with Gasteiger partial charge in [0, 0.05) is 12.2 Å². The van der Waals surface area contributed by atoms with Gasteiger partial charge in [-0.2, -0.15) is 0 Å². The summed E-state index contributed by atoms with van der Waals surface area (Å²) in [6.07, 6.45) is 0. The standard InChI is InChI=1S/C24H23BrN2O3/c1-3-27(18-9-5-4-6-10-18)24(29)19-11-7-8-12-21(19)26-23(28)16-30-22-14-13-17(2)15-20(22)25/h4-15H,3,16H2,1-2H3,(H,26,28). The summed E-state index contributed by atoms with van der Waals surface area (Å²) in [6.45, 7) is 4.24. The first-order valence-electron chi connectivity index (χ1n) is 9.64. The fraction of sp³-hybridized carbons (Fsp3) is 0.167. The molecular formula is C24H23BrN2O3. The Balaban J connectivity index is 1.73. The molecule has 0 heterocycles. The van der Waals surface area contributed by atoms with Gasteiger partial charge in [-0.15, -0.1) is 0 Å². The van der Waals surface area contributed by atoms with E-state index in [9.17, 15) is 9.59 Å². The molecule has 0 unspecified atom stereocenters. The van der Waals surface area contributed by atoms with Crippen molar-refractivity contribution in [2.75, 3.05) is 23.4 Å². The fourth-order valence-electron chi connectivity index (χ4n) is 3.03. The highest BCUT2D eigenvalue weighted by molar-refractivity contribution is 9.10. The molecule has 0 saturated heterocycles. The molecule has 0 aliphatic rings. The maximum atomic E-state index is 13.2. The first kappa shape index (κ1) is 21.6.